The number of hydrogen-bond acceptors (Lipinski definition) is 4. The SMILES string of the molecule is COC(=O)c1cc(CBr)c(CBr)c(Br)c1C(=O)OC. The molecule has 0 N–H and O–H groups in total. The summed E-state index contributed by atoms with van der Waals surface area (Å²) in [4.78, 5) is 23.7. The molecule has 0 spiro atoms. The van der Waals surface area contributed by atoms with Crippen LogP contribution < -0.4 is 0 Å². The fourth-order valence-corrected chi connectivity index (χ4v) is 3.87. The number of alkyl halides is 2. The Morgan fingerprint density at radius 2 is 1.68 bits per heavy atom. The maximum atomic E-state index is 11.9. The van der Waals surface area contributed by atoms with E-state index in [1.807, 2.05) is 0 Å². The molecule has 0 saturated heterocycles. The molecule has 7 heteroatoms. The molecule has 19 heavy (non-hydrogen) atoms. The Hall–Kier alpha value is -0.400. The Morgan fingerprint density at radius 3 is 2.11 bits per heavy atom. The Labute approximate surface area is 136 Å². The van der Waals surface area contributed by atoms with Crippen molar-refractivity contribution in [2.45, 2.75) is 10.7 Å². The largest absolute Gasteiger partial charge is 0.465 e. The topological polar surface area (TPSA) is 52.6 Å². The lowest BCUT2D eigenvalue weighted by Gasteiger charge is -2.15. The van der Waals surface area contributed by atoms with Crippen molar-refractivity contribution in [3.05, 3.63) is 32.8 Å². The monoisotopic (exact) mass is 456 g/mol. The fraction of sp³-hybridized carbons (Fsp3) is 0.333. The maximum absolute atomic E-state index is 11.9. The zero-order valence-electron chi connectivity index (χ0n) is 10.3. The molecule has 0 aliphatic rings. The highest BCUT2D eigenvalue weighted by Gasteiger charge is 2.25. The van der Waals surface area contributed by atoms with Gasteiger partial charge in [-0.2, -0.15) is 0 Å². The van der Waals surface area contributed by atoms with Crippen LogP contribution in [-0.4, -0.2) is 26.2 Å². The van der Waals surface area contributed by atoms with Gasteiger partial charge in [-0.15, -0.1) is 0 Å². The van der Waals surface area contributed by atoms with Crippen LogP contribution in [0.4, 0.5) is 0 Å². The molecule has 0 heterocycles. The van der Waals surface area contributed by atoms with Crippen LogP contribution in [0.5, 0.6) is 0 Å². The number of esters is 2. The molecule has 1 rings (SSSR count). The van der Waals surface area contributed by atoms with Gasteiger partial charge in [0.25, 0.3) is 0 Å². The minimum absolute atomic E-state index is 0.175. The Kier molecular flexibility index (Phi) is 6.49. The molecule has 0 atom stereocenters. The van der Waals surface area contributed by atoms with Gasteiger partial charge in [0.15, 0.2) is 0 Å². The summed E-state index contributed by atoms with van der Waals surface area (Å²) in [5.74, 6) is -1.17. The van der Waals surface area contributed by atoms with Crippen molar-refractivity contribution in [2.75, 3.05) is 14.2 Å². The number of benzene rings is 1. The van der Waals surface area contributed by atoms with Gasteiger partial charge in [0.2, 0.25) is 0 Å². The van der Waals surface area contributed by atoms with E-state index < -0.39 is 11.9 Å². The molecule has 0 saturated carbocycles. The molecular weight excluding hydrogens is 448 g/mol. The molecule has 0 aromatic heterocycles. The van der Waals surface area contributed by atoms with Crippen LogP contribution in [0, 0.1) is 0 Å². The predicted molar refractivity (Wildman–Crippen MR) is 82.1 cm³/mol. The van der Waals surface area contributed by atoms with Gasteiger partial charge in [0.1, 0.15) is 0 Å². The molecule has 0 aliphatic heterocycles. The highest BCUT2D eigenvalue weighted by Crippen LogP contribution is 2.32. The third kappa shape index (κ3) is 3.38. The van der Waals surface area contributed by atoms with E-state index in [4.69, 9.17) is 9.47 Å². The summed E-state index contributed by atoms with van der Waals surface area (Å²) in [6.45, 7) is 0. The van der Waals surface area contributed by atoms with Crippen LogP contribution in [0.25, 0.3) is 0 Å². The smallest absolute Gasteiger partial charge is 0.339 e. The minimum atomic E-state index is -0.587. The van der Waals surface area contributed by atoms with E-state index in [-0.39, 0.29) is 11.1 Å². The average molecular weight is 459 g/mol. The molecule has 0 radical (unpaired) electrons. The first-order valence-corrected chi connectivity index (χ1v) is 8.18. The van der Waals surface area contributed by atoms with Crippen molar-refractivity contribution >= 4 is 59.7 Å². The molecule has 0 amide bonds. The van der Waals surface area contributed by atoms with Gasteiger partial charge in [-0.25, -0.2) is 9.59 Å². The van der Waals surface area contributed by atoms with Crippen molar-refractivity contribution in [3.8, 4) is 0 Å². The molecule has 104 valence electrons. The molecule has 1 aromatic carbocycles. The van der Waals surface area contributed by atoms with Gasteiger partial charge < -0.3 is 9.47 Å². The molecule has 0 fully saturated rings. The number of ether oxygens (including phenoxy) is 2. The summed E-state index contributed by atoms with van der Waals surface area (Å²) in [5.41, 5.74) is 2.12. The normalized spacial score (nSPS) is 10.2. The first-order chi connectivity index (χ1) is 9.01. The van der Waals surface area contributed by atoms with Crippen molar-refractivity contribution in [1.82, 2.24) is 0 Å². The zero-order valence-corrected chi connectivity index (χ0v) is 15.0. The fourth-order valence-electron chi connectivity index (χ4n) is 1.58. The van der Waals surface area contributed by atoms with Crippen molar-refractivity contribution in [2.24, 2.45) is 0 Å². The number of carbonyl (C=O) groups excluding carboxylic acids is 2. The number of halogens is 3. The van der Waals surface area contributed by atoms with Crippen molar-refractivity contribution in [1.29, 1.82) is 0 Å². The standard InChI is InChI=1S/C12H11Br3O4/c1-18-11(16)7-3-6(4-13)8(5-14)10(15)9(7)12(17)19-2/h3H,4-5H2,1-2H3. The maximum Gasteiger partial charge on any atom is 0.339 e. The minimum Gasteiger partial charge on any atom is -0.465 e. The van der Waals surface area contributed by atoms with Gasteiger partial charge in [-0.1, -0.05) is 31.9 Å². The van der Waals surface area contributed by atoms with E-state index in [9.17, 15) is 9.59 Å². The van der Waals surface area contributed by atoms with E-state index in [1.165, 1.54) is 14.2 Å². The van der Waals surface area contributed by atoms with E-state index in [2.05, 4.69) is 47.8 Å². The lowest BCUT2D eigenvalue weighted by atomic mass is 10.00. The second-order valence-corrected chi connectivity index (χ2v) is 5.42. The Bertz CT molecular complexity index is 514. The Morgan fingerprint density at radius 1 is 1.11 bits per heavy atom. The van der Waals surface area contributed by atoms with Gasteiger partial charge in [-0.3, -0.25) is 0 Å². The van der Waals surface area contributed by atoms with Gasteiger partial charge in [-0.05, 0) is 33.1 Å². The lowest BCUT2D eigenvalue weighted by Crippen LogP contribution is -2.15. The highest BCUT2D eigenvalue weighted by atomic mass is 79.9. The van der Waals surface area contributed by atoms with E-state index in [1.54, 1.807) is 6.07 Å². The van der Waals surface area contributed by atoms with Crippen LogP contribution in [0.2, 0.25) is 0 Å². The Balaban J connectivity index is 3.65. The third-order valence-corrected chi connectivity index (χ3v) is 4.57. The first kappa shape index (κ1) is 16.7. The molecule has 0 unspecified atom stereocenters. The lowest BCUT2D eigenvalue weighted by molar-refractivity contribution is 0.0554. The van der Waals surface area contributed by atoms with E-state index in [0.29, 0.717) is 15.1 Å². The summed E-state index contributed by atoms with van der Waals surface area (Å²) < 4.78 is 9.96. The number of methoxy groups -OCH3 is 2. The number of hydrogen-bond donors (Lipinski definition) is 0. The van der Waals surface area contributed by atoms with Gasteiger partial charge in [0, 0.05) is 15.1 Å². The molecular formula is C12H11Br3O4. The van der Waals surface area contributed by atoms with Crippen LogP contribution in [0.1, 0.15) is 31.8 Å². The van der Waals surface area contributed by atoms with Crippen LogP contribution in [0.15, 0.2) is 10.5 Å². The zero-order chi connectivity index (χ0) is 14.6. The molecule has 4 nitrogen and oxygen atoms in total. The molecule has 0 bridgehead atoms. The van der Waals surface area contributed by atoms with Crippen molar-refractivity contribution < 1.29 is 19.1 Å². The summed E-state index contributed by atoms with van der Waals surface area (Å²) in [5, 5.41) is 1.10. The highest BCUT2D eigenvalue weighted by molar-refractivity contribution is 9.11. The summed E-state index contributed by atoms with van der Waals surface area (Å²) >= 11 is 10.1. The van der Waals surface area contributed by atoms with Crippen LogP contribution in [0.3, 0.4) is 0 Å². The van der Waals surface area contributed by atoms with E-state index in [0.717, 1.165) is 11.1 Å². The van der Waals surface area contributed by atoms with Gasteiger partial charge in [0.05, 0.1) is 25.3 Å². The van der Waals surface area contributed by atoms with Crippen LogP contribution >= 0.6 is 47.8 Å². The number of rotatable bonds is 4. The summed E-state index contributed by atoms with van der Waals surface area (Å²) in [6.07, 6.45) is 0. The number of carbonyl (C=O) groups is 2. The van der Waals surface area contributed by atoms with Gasteiger partial charge >= 0.3 is 11.9 Å². The van der Waals surface area contributed by atoms with Crippen molar-refractivity contribution in [3.63, 3.8) is 0 Å². The third-order valence-electron chi connectivity index (χ3n) is 2.53. The quantitative estimate of drug-likeness (QED) is 0.508. The first-order valence-electron chi connectivity index (χ1n) is 5.14. The average Bonchev–Trinajstić information content (AvgIpc) is 2.44. The van der Waals surface area contributed by atoms with E-state index >= 15 is 0 Å². The molecule has 0 aliphatic carbocycles. The summed E-state index contributed by atoms with van der Waals surface area (Å²) in [7, 11) is 2.53. The predicted octanol–water partition coefficient (Wildman–Crippen LogP) is 3.81. The van der Waals surface area contributed by atoms with Crippen LogP contribution in [-0.2, 0) is 20.1 Å². The second kappa shape index (κ2) is 7.40. The molecule has 1 aromatic rings. The second-order valence-electron chi connectivity index (χ2n) is 3.50. The summed E-state index contributed by atoms with van der Waals surface area (Å²) in [6, 6.07) is 1.63.